The number of anilines is 1. The average molecular weight is 364 g/mol. The minimum atomic E-state index is 0.169. The van der Waals surface area contributed by atoms with Crippen molar-refractivity contribution in [2.24, 2.45) is 0 Å². The molecule has 0 radical (unpaired) electrons. The summed E-state index contributed by atoms with van der Waals surface area (Å²) in [6.07, 6.45) is 0. The van der Waals surface area contributed by atoms with Crippen molar-refractivity contribution < 1.29 is 9.53 Å². The van der Waals surface area contributed by atoms with Crippen molar-refractivity contribution in [2.75, 3.05) is 43.9 Å². The van der Waals surface area contributed by atoms with Crippen LogP contribution in [0.2, 0.25) is 0 Å². The third-order valence-electron chi connectivity index (χ3n) is 3.90. The van der Waals surface area contributed by atoms with Crippen LogP contribution in [-0.2, 0) is 4.79 Å². The molecule has 0 bridgehead atoms. The van der Waals surface area contributed by atoms with E-state index >= 15 is 0 Å². The topological polar surface area (TPSA) is 58.6 Å². The largest absolute Gasteiger partial charge is 0.497 e. The molecule has 8 heteroatoms. The minimum Gasteiger partial charge on any atom is -0.497 e. The molecular weight excluding hydrogens is 344 g/mol. The second kappa shape index (κ2) is 7.85. The molecule has 0 spiro atoms. The number of ether oxygens (including phenoxy) is 1. The molecule has 1 aromatic heterocycles. The fourth-order valence-corrected chi connectivity index (χ4v) is 4.28. The summed E-state index contributed by atoms with van der Waals surface area (Å²) in [5.41, 5.74) is 1.17. The first-order valence-electron chi connectivity index (χ1n) is 7.75. The van der Waals surface area contributed by atoms with Crippen LogP contribution in [-0.4, -0.2) is 60.0 Å². The highest BCUT2D eigenvalue weighted by atomic mass is 32.2. The van der Waals surface area contributed by atoms with E-state index in [1.807, 2.05) is 24.0 Å². The van der Waals surface area contributed by atoms with Gasteiger partial charge in [0, 0.05) is 31.9 Å². The van der Waals surface area contributed by atoms with Gasteiger partial charge in [-0.2, -0.15) is 0 Å². The van der Waals surface area contributed by atoms with Gasteiger partial charge in [-0.05, 0) is 31.2 Å². The van der Waals surface area contributed by atoms with Crippen molar-refractivity contribution >= 4 is 34.7 Å². The van der Waals surface area contributed by atoms with Crippen molar-refractivity contribution in [3.8, 4) is 5.75 Å². The van der Waals surface area contributed by atoms with Crippen molar-refractivity contribution in [1.82, 2.24) is 15.1 Å². The fraction of sp³-hybridized carbons (Fsp3) is 0.438. The highest BCUT2D eigenvalue weighted by molar-refractivity contribution is 8.01. The number of nitrogens with zero attached hydrogens (tertiary/aromatic N) is 4. The lowest BCUT2D eigenvalue weighted by atomic mass is 10.2. The van der Waals surface area contributed by atoms with Gasteiger partial charge in [0.2, 0.25) is 5.91 Å². The number of carbonyl (C=O) groups is 1. The van der Waals surface area contributed by atoms with Gasteiger partial charge in [0.05, 0.1) is 12.9 Å². The van der Waals surface area contributed by atoms with Gasteiger partial charge in [-0.3, -0.25) is 4.79 Å². The number of methoxy groups -OCH3 is 1. The van der Waals surface area contributed by atoms with Gasteiger partial charge in [0.25, 0.3) is 0 Å². The maximum atomic E-state index is 12.3. The molecule has 2 aromatic rings. The smallest absolute Gasteiger partial charge is 0.233 e. The molecule has 1 aliphatic heterocycles. The van der Waals surface area contributed by atoms with E-state index < -0.39 is 0 Å². The van der Waals surface area contributed by atoms with Gasteiger partial charge in [-0.1, -0.05) is 23.1 Å². The Morgan fingerprint density at radius 2 is 1.92 bits per heavy atom. The molecule has 24 heavy (non-hydrogen) atoms. The molecule has 0 aliphatic carbocycles. The summed E-state index contributed by atoms with van der Waals surface area (Å²) < 4.78 is 6.05. The van der Waals surface area contributed by atoms with Gasteiger partial charge in [0.1, 0.15) is 10.8 Å². The van der Waals surface area contributed by atoms with E-state index in [4.69, 9.17) is 4.74 Å². The molecule has 0 unspecified atom stereocenters. The highest BCUT2D eigenvalue weighted by Gasteiger charge is 2.21. The number of hydrogen-bond donors (Lipinski definition) is 0. The number of aromatic nitrogens is 2. The van der Waals surface area contributed by atoms with E-state index in [9.17, 15) is 4.79 Å². The van der Waals surface area contributed by atoms with Crippen LogP contribution in [0, 0.1) is 6.92 Å². The molecule has 2 heterocycles. The van der Waals surface area contributed by atoms with E-state index in [2.05, 4.69) is 27.2 Å². The number of rotatable bonds is 5. The molecule has 0 saturated carbocycles. The van der Waals surface area contributed by atoms with E-state index in [-0.39, 0.29) is 5.91 Å². The Labute approximate surface area is 149 Å². The van der Waals surface area contributed by atoms with Crippen LogP contribution in [0.15, 0.2) is 28.6 Å². The lowest BCUT2D eigenvalue weighted by Crippen LogP contribution is -2.49. The van der Waals surface area contributed by atoms with E-state index in [1.165, 1.54) is 28.8 Å². The molecule has 1 aliphatic rings. The standard InChI is InChI=1S/C16H20N4O2S2/c1-12-17-18-16(24-12)23-11-15(21)20-9-7-19(8-10-20)13-3-5-14(22-2)6-4-13/h3-6H,7-11H2,1-2H3. The number of benzene rings is 1. The Balaban J connectivity index is 1.47. The lowest BCUT2D eigenvalue weighted by molar-refractivity contribution is -0.128. The average Bonchev–Trinajstić information content (AvgIpc) is 3.05. The molecular formula is C16H20N4O2S2. The van der Waals surface area contributed by atoms with Crippen LogP contribution in [0.25, 0.3) is 0 Å². The first-order valence-corrected chi connectivity index (χ1v) is 9.55. The zero-order valence-electron chi connectivity index (χ0n) is 13.8. The van der Waals surface area contributed by atoms with Gasteiger partial charge < -0.3 is 14.5 Å². The predicted octanol–water partition coefficient (Wildman–Crippen LogP) is 2.30. The maximum absolute atomic E-state index is 12.3. The fourth-order valence-electron chi connectivity index (χ4n) is 2.56. The Kier molecular flexibility index (Phi) is 5.57. The first kappa shape index (κ1) is 17.0. The van der Waals surface area contributed by atoms with Crippen molar-refractivity contribution in [3.05, 3.63) is 29.3 Å². The minimum absolute atomic E-state index is 0.169. The number of carbonyl (C=O) groups excluding carboxylic acids is 1. The lowest BCUT2D eigenvalue weighted by Gasteiger charge is -2.36. The van der Waals surface area contributed by atoms with Crippen molar-refractivity contribution in [2.45, 2.75) is 11.3 Å². The zero-order valence-corrected chi connectivity index (χ0v) is 15.4. The van der Waals surface area contributed by atoms with Crippen molar-refractivity contribution in [3.63, 3.8) is 0 Å². The Hall–Kier alpha value is -1.80. The zero-order chi connectivity index (χ0) is 16.9. The number of aryl methyl sites for hydroxylation is 1. The molecule has 1 saturated heterocycles. The highest BCUT2D eigenvalue weighted by Crippen LogP contribution is 2.23. The van der Waals surface area contributed by atoms with E-state index in [1.54, 1.807) is 7.11 Å². The van der Waals surface area contributed by atoms with Crippen LogP contribution in [0.1, 0.15) is 5.01 Å². The summed E-state index contributed by atoms with van der Waals surface area (Å²) in [5.74, 6) is 1.45. The van der Waals surface area contributed by atoms with E-state index in [0.29, 0.717) is 5.75 Å². The SMILES string of the molecule is COc1ccc(N2CCN(C(=O)CSc3nnc(C)s3)CC2)cc1. The second-order valence-electron chi connectivity index (χ2n) is 5.44. The number of amides is 1. The number of piperazine rings is 1. The summed E-state index contributed by atoms with van der Waals surface area (Å²) in [6, 6.07) is 8.05. The summed E-state index contributed by atoms with van der Waals surface area (Å²) in [5, 5.41) is 8.94. The Bertz CT molecular complexity index is 682. The third-order valence-corrected chi connectivity index (χ3v) is 5.85. The summed E-state index contributed by atoms with van der Waals surface area (Å²) in [4.78, 5) is 16.6. The van der Waals surface area contributed by atoms with Crippen LogP contribution in [0.3, 0.4) is 0 Å². The molecule has 128 valence electrons. The van der Waals surface area contributed by atoms with Gasteiger partial charge in [0.15, 0.2) is 4.34 Å². The van der Waals surface area contributed by atoms with Gasteiger partial charge in [-0.15, -0.1) is 10.2 Å². The maximum Gasteiger partial charge on any atom is 0.233 e. The van der Waals surface area contributed by atoms with Crippen LogP contribution in [0.4, 0.5) is 5.69 Å². The van der Waals surface area contributed by atoms with Gasteiger partial charge in [-0.25, -0.2) is 0 Å². The molecule has 0 N–H and O–H groups in total. The summed E-state index contributed by atoms with van der Waals surface area (Å²) >= 11 is 3.00. The first-order chi connectivity index (χ1) is 11.7. The molecule has 3 rings (SSSR count). The van der Waals surface area contributed by atoms with Crippen LogP contribution in [0.5, 0.6) is 5.75 Å². The third kappa shape index (κ3) is 4.18. The normalized spacial score (nSPS) is 14.8. The Morgan fingerprint density at radius 3 is 2.50 bits per heavy atom. The number of hydrogen-bond acceptors (Lipinski definition) is 7. The number of thioether (sulfide) groups is 1. The molecule has 1 fully saturated rings. The summed E-state index contributed by atoms with van der Waals surface area (Å²) in [7, 11) is 1.67. The van der Waals surface area contributed by atoms with Gasteiger partial charge >= 0.3 is 0 Å². The van der Waals surface area contributed by atoms with E-state index in [0.717, 1.165) is 41.3 Å². The molecule has 6 nitrogen and oxygen atoms in total. The monoisotopic (exact) mass is 364 g/mol. The molecule has 0 atom stereocenters. The quantitative estimate of drug-likeness (QED) is 0.759. The summed E-state index contributed by atoms with van der Waals surface area (Å²) in [6.45, 7) is 5.12. The van der Waals surface area contributed by atoms with Crippen LogP contribution < -0.4 is 9.64 Å². The second-order valence-corrected chi connectivity index (χ2v) is 7.85. The molecule has 1 amide bonds. The predicted molar refractivity (Wildman–Crippen MR) is 97.2 cm³/mol. The molecule has 1 aromatic carbocycles. The van der Waals surface area contributed by atoms with Crippen LogP contribution >= 0.6 is 23.1 Å². The van der Waals surface area contributed by atoms with Crippen molar-refractivity contribution in [1.29, 1.82) is 0 Å². The Morgan fingerprint density at radius 1 is 1.21 bits per heavy atom.